The molecule has 1 aromatic carbocycles. The smallest absolute Gasteiger partial charge is 0.254 e. The second-order valence-electron chi connectivity index (χ2n) is 5.64. The van der Waals surface area contributed by atoms with Crippen molar-refractivity contribution in [3.63, 3.8) is 0 Å². The van der Waals surface area contributed by atoms with E-state index in [2.05, 4.69) is 4.90 Å². The molecule has 0 unspecified atom stereocenters. The van der Waals surface area contributed by atoms with Gasteiger partial charge in [0.05, 0.1) is 5.56 Å². The third-order valence-electron chi connectivity index (χ3n) is 3.96. The van der Waals surface area contributed by atoms with Gasteiger partial charge in [-0.05, 0) is 30.7 Å². The van der Waals surface area contributed by atoms with Gasteiger partial charge in [-0.25, -0.2) is 4.39 Å². The van der Waals surface area contributed by atoms with Crippen molar-refractivity contribution in [2.45, 2.75) is 13.5 Å². The molecule has 0 bridgehead atoms. The zero-order chi connectivity index (χ0) is 15.5. The maximum atomic E-state index is 12.9. The third-order valence-corrected chi connectivity index (χ3v) is 4.82. The fourth-order valence-electron chi connectivity index (χ4n) is 2.70. The Labute approximate surface area is 134 Å². The number of hydrogen-bond donors (Lipinski definition) is 0. The lowest BCUT2D eigenvalue weighted by atomic mass is 10.2. The van der Waals surface area contributed by atoms with Crippen molar-refractivity contribution in [2.75, 3.05) is 26.2 Å². The van der Waals surface area contributed by atoms with Crippen LogP contribution in [0.2, 0.25) is 0 Å². The van der Waals surface area contributed by atoms with Crippen molar-refractivity contribution >= 4 is 17.2 Å². The van der Waals surface area contributed by atoms with E-state index >= 15 is 0 Å². The minimum Gasteiger partial charge on any atom is -0.336 e. The fourth-order valence-corrected chi connectivity index (χ4v) is 3.37. The Morgan fingerprint density at radius 2 is 1.86 bits per heavy atom. The van der Waals surface area contributed by atoms with Crippen molar-refractivity contribution in [2.24, 2.45) is 0 Å². The van der Waals surface area contributed by atoms with Gasteiger partial charge < -0.3 is 4.90 Å². The normalized spacial score (nSPS) is 16.0. The van der Waals surface area contributed by atoms with Crippen LogP contribution in [-0.2, 0) is 6.54 Å². The Hall–Kier alpha value is -1.72. The lowest BCUT2D eigenvalue weighted by Gasteiger charge is -2.34. The average Bonchev–Trinajstić information content (AvgIpc) is 2.96. The Kier molecular flexibility index (Phi) is 4.55. The number of benzene rings is 1. The van der Waals surface area contributed by atoms with Gasteiger partial charge in [0.2, 0.25) is 0 Å². The van der Waals surface area contributed by atoms with Gasteiger partial charge in [-0.3, -0.25) is 9.69 Å². The molecular formula is C17H19FN2OS. The van der Waals surface area contributed by atoms with Crippen LogP contribution >= 0.6 is 11.3 Å². The maximum absolute atomic E-state index is 12.9. The van der Waals surface area contributed by atoms with Gasteiger partial charge in [-0.2, -0.15) is 0 Å². The number of aryl methyl sites for hydroxylation is 1. The highest BCUT2D eigenvalue weighted by Crippen LogP contribution is 2.17. The van der Waals surface area contributed by atoms with Crippen LogP contribution in [0.3, 0.4) is 0 Å². The molecule has 3 rings (SSSR count). The molecule has 1 saturated heterocycles. The molecule has 2 aromatic rings. The largest absolute Gasteiger partial charge is 0.336 e. The monoisotopic (exact) mass is 318 g/mol. The summed E-state index contributed by atoms with van der Waals surface area (Å²) in [6, 6.07) is 8.59. The van der Waals surface area contributed by atoms with Crippen molar-refractivity contribution in [3.05, 3.63) is 57.5 Å². The summed E-state index contributed by atoms with van der Waals surface area (Å²) in [7, 11) is 0. The molecule has 1 aliphatic rings. The maximum Gasteiger partial charge on any atom is 0.254 e. The highest BCUT2D eigenvalue weighted by Gasteiger charge is 2.22. The third kappa shape index (κ3) is 3.54. The van der Waals surface area contributed by atoms with Gasteiger partial charge in [-0.1, -0.05) is 12.1 Å². The molecule has 2 heterocycles. The van der Waals surface area contributed by atoms with Crippen molar-refractivity contribution in [1.82, 2.24) is 9.80 Å². The number of piperazine rings is 1. The van der Waals surface area contributed by atoms with E-state index in [4.69, 9.17) is 0 Å². The van der Waals surface area contributed by atoms with Crippen molar-refractivity contribution < 1.29 is 9.18 Å². The van der Waals surface area contributed by atoms with Crippen LogP contribution in [-0.4, -0.2) is 41.9 Å². The first kappa shape index (κ1) is 15.2. The molecule has 0 N–H and O–H groups in total. The summed E-state index contributed by atoms with van der Waals surface area (Å²) in [6.45, 7) is 6.02. The second kappa shape index (κ2) is 6.58. The highest BCUT2D eigenvalue weighted by molar-refractivity contribution is 7.10. The number of carbonyl (C=O) groups is 1. The van der Waals surface area contributed by atoms with E-state index in [-0.39, 0.29) is 11.7 Å². The first-order valence-electron chi connectivity index (χ1n) is 7.43. The van der Waals surface area contributed by atoms with E-state index in [0.717, 1.165) is 43.9 Å². The average molecular weight is 318 g/mol. The molecule has 0 radical (unpaired) electrons. The minimum absolute atomic E-state index is 0.130. The van der Waals surface area contributed by atoms with E-state index in [1.807, 2.05) is 35.4 Å². The predicted octanol–water partition coefficient (Wildman–Crippen LogP) is 3.15. The van der Waals surface area contributed by atoms with Crippen molar-refractivity contribution in [1.29, 1.82) is 0 Å². The van der Waals surface area contributed by atoms with Crippen LogP contribution in [0, 0.1) is 12.7 Å². The topological polar surface area (TPSA) is 23.6 Å². The Morgan fingerprint density at radius 1 is 1.18 bits per heavy atom. The van der Waals surface area contributed by atoms with Crippen LogP contribution in [0.15, 0.2) is 35.7 Å². The number of rotatable bonds is 3. The zero-order valence-electron chi connectivity index (χ0n) is 12.6. The zero-order valence-corrected chi connectivity index (χ0v) is 13.4. The van der Waals surface area contributed by atoms with E-state index in [0.29, 0.717) is 0 Å². The van der Waals surface area contributed by atoms with Gasteiger partial charge in [0.25, 0.3) is 5.91 Å². The summed E-state index contributed by atoms with van der Waals surface area (Å²) in [5, 5.41) is 1.93. The molecule has 1 aliphatic heterocycles. The van der Waals surface area contributed by atoms with Gasteiger partial charge in [-0.15, -0.1) is 11.3 Å². The van der Waals surface area contributed by atoms with Crippen LogP contribution in [0.5, 0.6) is 0 Å². The Balaban J connectivity index is 1.54. The lowest BCUT2D eigenvalue weighted by Crippen LogP contribution is -2.48. The molecule has 0 spiro atoms. The van der Waals surface area contributed by atoms with Gasteiger partial charge in [0.15, 0.2) is 0 Å². The molecule has 22 heavy (non-hydrogen) atoms. The molecule has 0 aliphatic carbocycles. The fraction of sp³-hybridized carbons (Fsp3) is 0.353. The SMILES string of the molecule is Cc1cc(C(=O)N2CCN(Cc3ccc(F)cc3)CC2)cs1. The van der Waals surface area contributed by atoms with Crippen LogP contribution < -0.4 is 0 Å². The second-order valence-corrected chi connectivity index (χ2v) is 6.76. The van der Waals surface area contributed by atoms with Gasteiger partial charge in [0.1, 0.15) is 5.82 Å². The first-order valence-corrected chi connectivity index (χ1v) is 8.31. The summed E-state index contributed by atoms with van der Waals surface area (Å²) in [6.07, 6.45) is 0. The molecule has 3 nitrogen and oxygen atoms in total. The van der Waals surface area contributed by atoms with E-state index < -0.39 is 0 Å². The number of nitrogens with zero attached hydrogens (tertiary/aromatic N) is 2. The molecule has 116 valence electrons. The molecule has 5 heteroatoms. The summed E-state index contributed by atoms with van der Waals surface area (Å²) in [5.74, 6) is -0.0731. The number of carbonyl (C=O) groups excluding carboxylic acids is 1. The molecule has 1 amide bonds. The van der Waals surface area contributed by atoms with Gasteiger partial charge >= 0.3 is 0 Å². The van der Waals surface area contributed by atoms with E-state index in [1.54, 1.807) is 11.3 Å². The number of hydrogen-bond acceptors (Lipinski definition) is 3. The number of halogens is 1. The van der Waals surface area contributed by atoms with Crippen LogP contribution in [0.4, 0.5) is 4.39 Å². The first-order chi connectivity index (χ1) is 10.6. The summed E-state index contributed by atoms with van der Waals surface area (Å²) in [4.78, 5) is 17.8. The molecule has 1 fully saturated rings. The summed E-state index contributed by atoms with van der Waals surface area (Å²) in [5.41, 5.74) is 1.91. The number of thiophene rings is 1. The van der Waals surface area contributed by atoms with E-state index in [9.17, 15) is 9.18 Å². The molecule has 0 saturated carbocycles. The Morgan fingerprint density at radius 3 is 2.45 bits per heavy atom. The van der Waals surface area contributed by atoms with E-state index in [1.165, 1.54) is 17.0 Å². The molecular weight excluding hydrogens is 299 g/mol. The molecule has 1 aromatic heterocycles. The predicted molar refractivity (Wildman–Crippen MR) is 86.6 cm³/mol. The molecule has 0 atom stereocenters. The summed E-state index contributed by atoms with van der Waals surface area (Å²) >= 11 is 1.61. The Bertz CT molecular complexity index is 645. The number of amides is 1. The quantitative estimate of drug-likeness (QED) is 0.868. The van der Waals surface area contributed by atoms with Crippen LogP contribution in [0.1, 0.15) is 20.8 Å². The lowest BCUT2D eigenvalue weighted by molar-refractivity contribution is 0.0629. The van der Waals surface area contributed by atoms with Crippen LogP contribution in [0.25, 0.3) is 0 Å². The summed E-state index contributed by atoms with van der Waals surface area (Å²) < 4.78 is 12.9. The minimum atomic E-state index is -0.203. The standard InChI is InChI=1S/C17H19FN2OS/c1-13-10-15(12-22-13)17(21)20-8-6-19(7-9-20)11-14-2-4-16(18)5-3-14/h2-5,10,12H,6-9,11H2,1H3. The highest BCUT2D eigenvalue weighted by atomic mass is 32.1. The van der Waals surface area contributed by atoms with Gasteiger partial charge in [0, 0.05) is 43.0 Å². The van der Waals surface area contributed by atoms with Crippen molar-refractivity contribution in [3.8, 4) is 0 Å².